The number of amides is 1. The van der Waals surface area contributed by atoms with E-state index in [1.165, 1.54) is 18.4 Å². The number of piperazine rings is 1. The van der Waals surface area contributed by atoms with E-state index in [2.05, 4.69) is 38.1 Å². The third-order valence-electron chi connectivity index (χ3n) is 6.71. The van der Waals surface area contributed by atoms with Crippen LogP contribution >= 0.6 is 0 Å². The summed E-state index contributed by atoms with van der Waals surface area (Å²) in [5.41, 5.74) is 4.71. The summed E-state index contributed by atoms with van der Waals surface area (Å²) in [5.74, 6) is 1.89. The number of nitrogens with one attached hydrogen (secondary N) is 1. The molecule has 3 heterocycles. The largest absolute Gasteiger partial charge is 0.341 e. The van der Waals surface area contributed by atoms with Crippen molar-refractivity contribution in [2.45, 2.75) is 44.9 Å². The minimum absolute atomic E-state index is 0.231. The highest BCUT2D eigenvalue weighted by atomic mass is 16.2. The first-order valence-electron chi connectivity index (χ1n) is 12.4. The number of aromatic amines is 1. The molecule has 1 aliphatic heterocycles. The number of carbonyl (C=O) groups excluding carboxylic acids is 1. The van der Waals surface area contributed by atoms with E-state index in [0.29, 0.717) is 6.42 Å². The Labute approximate surface area is 201 Å². The maximum Gasteiger partial charge on any atom is 0.225 e. The number of hydrogen-bond donors (Lipinski definition) is 1. The lowest BCUT2D eigenvalue weighted by Crippen LogP contribution is -2.49. The monoisotopic (exact) mass is 456 g/mol. The van der Waals surface area contributed by atoms with E-state index in [9.17, 15) is 4.79 Å². The Balaban J connectivity index is 1.20. The van der Waals surface area contributed by atoms with Crippen LogP contribution in [0.3, 0.4) is 0 Å². The van der Waals surface area contributed by atoms with Crippen molar-refractivity contribution >= 4 is 17.4 Å². The van der Waals surface area contributed by atoms with Crippen molar-refractivity contribution in [3.05, 3.63) is 66.3 Å². The number of carbonyl (C=O) groups is 1. The molecule has 2 aromatic heterocycles. The highest BCUT2D eigenvalue weighted by molar-refractivity contribution is 5.76. The van der Waals surface area contributed by atoms with Gasteiger partial charge in [0, 0.05) is 56.3 Å². The Morgan fingerprint density at radius 3 is 2.50 bits per heavy atom. The second-order valence-corrected chi connectivity index (χ2v) is 9.02. The zero-order valence-corrected chi connectivity index (χ0v) is 19.6. The van der Waals surface area contributed by atoms with E-state index in [1.54, 1.807) is 12.4 Å². The zero-order chi connectivity index (χ0) is 23.2. The number of H-pyrrole nitrogens is 1. The zero-order valence-electron chi connectivity index (χ0n) is 19.6. The van der Waals surface area contributed by atoms with Crippen LogP contribution in [0, 0.1) is 0 Å². The topological polar surface area (TPSA) is 78.0 Å². The molecule has 1 amide bonds. The molecule has 0 radical (unpaired) electrons. The standard InChI is InChI=1S/C27H32N6O/c34-24(32-17-19-33(20-18-32)27-28-15-8-16-29-27)14-7-13-23-25(21-9-3-1-4-10-21)31-26(30-23)22-11-5-2-6-12-22/h2,5-6,8-9,11-12,15-16H,1,3-4,7,10,13-14,17-20H2,(H,30,31). The van der Waals surface area contributed by atoms with Crippen LogP contribution < -0.4 is 4.90 Å². The first-order valence-corrected chi connectivity index (χ1v) is 12.4. The van der Waals surface area contributed by atoms with Crippen LogP contribution in [0.2, 0.25) is 0 Å². The molecule has 1 saturated heterocycles. The molecule has 0 spiro atoms. The number of rotatable bonds is 7. The molecule has 1 aromatic carbocycles. The Kier molecular flexibility index (Phi) is 6.98. The van der Waals surface area contributed by atoms with Crippen molar-refractivity contribution in [3.63, 3.8) is 0 Å². The second kappa shape index (κ2) is 10.6. The molecule has 176 valence electrons. The molecule has 0 atom stereocenters. The van der Waals surface area contributed by atoms with Crippen LogP contribution in [0.5, 0.6) is 0 Å². The van der Waals surface area contributed by atoms with E-state index < -0.39 is 0 Å². The van der Waals surface area contributed by atoms with Gasteiger partial charge in [-0.25, -0.2) is 15.0 Å². The minimum Gasteiger partial charge on any atom is -0.341 e. The first-order chi connectivity index (χ1) is 16.8. The molecule has 1 aliphatic carbocycles. The third-order valence-corrected chi connectivity index (χ3v) is 6.71. The Morgan fingerprint density at radius 2 is 1.76 bits per heavy atom. The molecule has 1 N–H and O–H groups in total. The number of imidazole rings is 1. The normalized spacial score (nSPS) is 16.4. The van der Waals surface area contributed by atoms with Gasteiger partial charge in [0.1, 0.15) is 5.82 Å². The fraction of sp³-hybridized carbons (Fsp3) is 0.407. The van der Waals surface area contributed by atoms with Crippen molar-refractivity contribution in [2.24, 2.45) is 0 Å². The second-order valence-electron chi connectivity index (χ2n) is 9.02. The van der Waals surface area contributed by atoms with Crippen molar-refractivity contribution in [2.75, 3.05) is 31.1 Å². The van der Waals surface area contributed by atoms with Gasteiger partial charge in [0.2, 0.25) is 11.9 Å². The van der Waals surface area contributed by atoms with Crippen LogP contribution in [0.25, 0.3) is 17.0 Å². The van der Waals surface area contributed by atoms with Crippen LogP contribution in [0.4, 0.5) is 5.95 Å². The van der Waals surface area contributed by atoms with Gasteiger partial charge in [-0.1, -0.05) is 36.4 Å². The Hall–Kier alpha value is -3.48. The van der Waals surface area contributed by atoms with Crippen LogP contribution in [-0.4, -0.2) is 56.9 Å². The lowest BCUT2D eigenvalue weighted by Gasteiger charge is -2.34. The molecule has 7 heteroatoms. The predicted molar refractivity (Wildman–Crippen MR) is 134 cm³/mol. The number of anilines is 1. The fourth-order valence-corrected chi connectivity index (χ4v) is 4.83. The summed E-state index contributed by atoms with van der Waals surface area (Å²) in [4.78, 5) is 34.2. The summed E-state index contributed by atoms with van der Waals surface area (Å²) >= 11 is 0. The van der Waals surface area contributed by atoms with E-state index in [0.717, 1.165) is 80.6 Å². The van der Waals surface area contributed by atoms with Gasteiger partial charge < -0.3 is 14.8 Å². The van der Waals surface area contributed by atoms with Gasteiger partial charge in [-0.15, -0.1) is 0 Å². The summed E-state index contributed by atoms with van der Waals surface area (Å²) in [6.45, 7) is 2.99. The first kappa shape index (κ1) is 22.3. The summed E-state index contributed by atoms with van der Waals surface area (Å²) in [6, 6.07) is 12.1. The van der Waals surface area contributed by atoms with Crippen molar-refractivity contribution in [1.82, 2.24) is 24.8 Å². The molecule has 0 unspecified atom stereocenters. The number of allylic oxidation sites excluding steroid dienone is 2. The van der Waals surface area contributed by atoms with Gasteiger partial charge in [0.25, 0.3) is 0 Å². The van der Waals surface area contributed by atoms with Crippen LogP contribution in [-0.2, 0) is 11.2 Å². The quantitative estimate of drug-likeness (QED) is 0.567. The van der Waals surface area contributed by atoms with Gasteiger partial charge in [0.05, 0.1) is 5.69 Å². The van der Waals surface area contributed by atoms with Gasteiger partial charge in [0.15, 0.2) is 0 Å². The Bertz CT molecular complexity index is 1120. The smallest absolute Gasteiger partial charge is 0.225 e. The fourth-order valence-electron chi connectivity index (χ4n) is 4.83. The molecule has 5 rings (SSSR count). The molecule has 0 saturated carbocycles. The Morgan fingerprint density at radius 1 is 0.971 bits per heavy atom. The summed E-state index contributed by atoms with van der Waals surface area (Å²) in [5, 5.41) is 0. The van der Waals surface area contributed by atoms with E-state index in [1.807, 2.05) is 29.2 Å². The minimum atomic E-state index is 0.231. The summed E-state index contributed by atoms with van der Waals surface area (Å²) in [7, 11) is 0. The molecule has 3 aromatic rings. The van der Waals surface area contributed by atoms with Gasteiger partial charge in [-0.3, -0.25) is 4.79 Å². The van der Waals surface area contributed by atoms with E-state index in [-0.39, 0.29) is 5.91 Å². The van der Waals surface area contributed by atoms with Crippen LogP contribution in [0.15, 0.2) is 54.9 Å². The average Bonchev–Trinajstić information content (AvgIpc) is 3.34. The average molecular weight is 457 g/mol. The molecular weight excluding hydrogens is 424 g/mol. The molecule has 34 heavy (non-hydrogen) atoms. The highest BCUT2D eigenvalue weighted by Gasteiger charge is 2.23. The highest BCUT2D eigenvalue weighted by Crippen LogP contribution is 2.30. The van der Waals surface area contributed by atoms with Gasteiger partial charge in [-0.05, 0) is 50.2 Å². The number of hydrogen-bond acceptors (Lipinski definition) is 5. The summed E-state index contributed by atoms with van der Waals surface area (Å²) in [6.07, 6.45) is 12.8. The number of nitrogens with zero attached hydrogens (tertiary/aromatic N) is 5. The SMILES string of the molecule is O=C(CCCc1[nH]c(-c2ccccc2)nc1C1=CCCCC1)N1CCN(c2ncccn2)CC1. The number of aromatic nitrogens is 4. The maximum absolute atomic E-state index is 12.9. The molecule has 0 bridgehead atoms. The third kappa shape index (κ3) is 5.19. The molecular formula is C27H32N6O. The summed E-state index contributed by atoms with van der Waals surface area (Å²) < 4.78 is 0. The lowest BCUT2D eigenvalue weighted by molar-refractivity contribution is -0.131. The van der Waals surface area contributed by atoms with E-state index in [4.69, 9.17) is 4.98 Å². The number of benzene rings is 1. The lowest BCUT2D eigenvalue weighted by atomic mass is 9.95. The molecule has 1 fully saturated rings. The van der Waals surface area contributed by atoms with E-state index >= 15 is 0 Å². The van der Waals surface area contributed by atoms with Crippen LogP contribution in [0.1, 0.15) is 49.9 Å². The van der Waals surface area contributed by atoms with Crippen molar-refractivity contribution < 1.29 is 4.79 Å². The van der Waals surface area contributed by atoms with Gasteiger partial charge in [-0.2, -0.15) is 0 Å². The maximum atomic E-state index is 12.9. The van der Waals surface area contributed by atoms with Gasteiger partial charge >= 0.3 is 0 Å². The van der Waals surface area contributed by atoms with Crippen molar-refractivity contribution in [3.8, 4) is 11.4 Å². The predicted octanol–water partition coefficient (Wildman–Crippen LogP) is 4.50. The molecule has 7 nitrogen and oxygen atoms in total. The van der Waals surface area contributed by atoms with Crippen molar-refractivity contribution in [1.29, 1.82) is 0 Å². The molecule has 2 aliphatic rings. The number of aryl methyl sites for hydroxylation is 1.